The second kappa shape index (κ2) is 5.83. The minimum absolute atomic E-state index is 0.502. The van der Waals surface area contributed by atoms with Crippen molar-refractivity contribution in [1.29, 1.82) is 0 Å². The first kappa shape index (κ1) is 12.8. The molecule has 0 aliphatic heterocycles. The molecule has 18 heavy (non-hydrogen) atoms. The summed E-state index contributed by atoms with van der Waals surface area (Å²) in [6, 6.07) is 13.6. The topological polar surface area (TPSA) is 26.3 Å². The Morgan fingerprint density at radius 3 is 2.61 bits per heavy atom. The zero-order valence-electron chi connectivity index (χ0n) is 10.0. The maximum Gasteiger partial charge on any atom is 0.151 e. The van der Waals surface area contributed by atoms with Crippen molar-refractivity contribution in [3.63, 3.8) is 0 Å². The molecule has 0 saturated heterocycles. The molecule has 0 heterocycles. The molecule has 0 saturated carbocycles. The third-order valence-electron chi connectivity index (χ3n) is 2.66. The molecule has 2 nitrogen and oxygen atoms in total. The third-order valence-corrected chi connectivity index (χ3v) is 3.35. The van der Waals surface area contributed by atoms with Crippen molar-refractivity contribution in [1.82, 2.24) is 0 Å². The maximum absolute atomic E-state index is 10.9. The van der Waals surface area contributed by atoms with Crippen molar-refractivity contribution < 1.29 is 9.53 Å². The largest absolute Gasteiger partial charge is 0.489 e. The quantitative estimate of drug-likeness (QED) is 0.793. The molecule has 0 amide bonds. The van der Waals surface area contributed by atoms with E-state index in [4.69, 9.17) is 4.74 Å². The summed E-state index contributed by atoms with van der Waals surface area (Å²) >= 11 is 3.35. The Morgan fingerprint density at radius 1 is 1.22 bits per heavy atom. The van der Waals surface area contributed by atoms with Crippen LogP contribution < -0.4 is 4.74 Å². The van der Waals surface area contributed by atoms with Crippen molar-refractivity contribution >= 4 is 22.2 Å². The molecule has 0 aromatic heterocycles. The van der Waals surface area contributed by atoms with E-state index in [-0.39, 0.29) is 0 Å². The molecule has 2 aromatic rings. The van der Waals surface area contributed by atoms with Crippen molar-refractivity contribution in [3.05, 3.63) is 63.6 Å². The molecule has 2 rings (SSSR count). The molecule has 0 bridgehead atoms. The Bertz CT molecular complexity index is 550. The van der Waals surface area contributed by atoms with Crippen LogP contribution in [0.15, 0.2) is 46.9 Å². The lowest BCUT2D eigenvalue weighted by Crippen LogP contribution is -1.98. The van der Waals surface area contributed by atoms with Crippen LogP contribution in [0.1, 0.15) is 21.5 Å². The van der Waals surface area contributed by atoms with E-state index in [2.05, 4.69) is 15.9 Å². The monoisotopic (exact) mass is 304 g/mol. The predicted molar refractivity (Wildman–Crippen MR) is 75.0 cm³/mol. The summed E-state index contributed by atoms with van der Waals surface area (Å²) < 4.78 is 6.53. The molecule has 0 unspecified atom stereocenters. The van der Waals surface area contributed by atoms with E-state index in [1.165, 1.54) is 0 Å². The van der Waals surface area contributed by atoms with Gasteiger partial charge >= 0.3 is 0 Å². The van der Waals surface area contributed by atoms with Gasteiger partial charge in [0, 0.05) is 10.0 Å². The molecule has 0 aliphatic carbocycles. The number of halogens is 1. The first-order chi connectivity index (χ1) is 8.70. The van der Waals surface area contributed by atoms with Gasteiger partial charge in [0.15, 0.2) is 6.29 Å². The number of hydrogen-bond donors (Lipinski definition) is 0. The molecule has 0 N–H and O–H groups in total. The highest BCUT2D eigenvalue weighted by Crippen LogP contribution is 2.26. The summed E-state index contributed by atoms with van der Waals surface area (Å²) in [7, 11) is 0. The molecule has 0 radical (unpaired) electrons. The second-order valence-electron chi connectivity index (χ2n) is 4.03. The molecule has 2 aromatic carbocycles. The first-order valence-corrected chi connectivity index (χ1v) is 6.42. The number of carbonyl (C=O) groups is 1. The van der Waals surface area contributed by atoms with E-state index in [1.54, 1.807) is 6.07 Å². The van der Waals surface area contributed by atoms with Gasteiger partial charge in [-0.05, 0) is 30.2 Å². The van der Waals surface area contributed by atoms with Crippen LogP contribution in [0.25, 0.3) is 0 Å². The number of carbonyl (C=O) groups excluding carboxylic acids is 1. The summed E-state index contributed by atoms with van der Waals surface area (Å²) in [6.07, 6.45) is 0.818. The number of aldehydes is 1. The lowest BCUT2D eigenvalue weighted by molar-refractivity contribution is 0.112. The fourth-order valence-electron chi connectivity index (χ4n) is 1.65. The van der Waals surface area contributed by atoms with Crippen molar-refractivity contribution in [3.8, 4) is 5.75 Å². The van der Waals surface area contributed by atoms with E-state index in [0.717, 1.165) is 27.6 Å². The predicted octanol–water partition coefficient (Wildman–Crippen LogP) is 4.15. The molecular weight excluding hydrogens is 292 g/mol. The minimum atomic E-state index is 0.502. The average molecular weight is 305 g/mol. The van der Waals surface area contributed by atoms with Gasteiger partial charge in [0.25, 0.3) is 0 Å². The van der Waals surface area contributed by atoms with Gasteiger partial charge in [0.1, 0.15) is 12.4 Å². The Balaban J connectivity index is 2.17. The zero-order valence-corrected chi connectivity index (χ0v) is 11.6. The summed E-state index contributed by atoms with van der Waals surface area (Å²) in [4.78, 5) is 10.9. The van der Waals surface area contributed by atoms with Crippen LogP contribution >= 0.6 is 15.9 Å². The van der Waals surface area contributed by atoms with Crippen LogP contribution in [0, 0.1) is 6.92 Å². The van der Waals surface area contributed by atoms with E-state index in [9.17, 15) is 4.79 Å². The number of rotatable bonds is 4. The van der Waals surface area contributed by atoms with Crippen LogP contribution in [0.4, 0.5) is 0 Å². The van der Waals surface area contributed by atoms with E-state index < -0.39 is 0 Å². The second-order valence-corrected chi connectivity index (χ2v) is 4.89. The summed E-state index contributed by atoms with van der Waals surface area (Å²) in [5.74, 6) is 0.740. The normalized spacial score (nSPS) is 10.1. The Kier molecular flexibility index (Phi) is 4.15. The highest BCUT2D eigenvalue weighted by atomic mass is 79.9. The summed E-state index contributed by atoms with van der Waals surface area (Å²) in [6.45, 7) is 2.46. The molecule has 92 valence electrons. The van der Waals surface area contributed by atoms with Crippen molar-refractivity contribution in [2.75, 3.05) is 0 Å². The molecule has 0 fully saturated rings. The highest BCUT2D eigenvalue weighted by molar-refractivity contribution is 9.10. The van der Waals surface area contributed by atoms with Gasteiger partial charge in [-0.1, -0.05) is 46.3 Å². The van der Waals surface area contributed by atoms with Gasteiger partial charge in [0.2, 0.25) is 0 Å². The van der Waals surface area contributed by atoms with Gasteiger partial charge < -0.3 is 4.74 Å². The molecule has 0 spiro atoms. The maximum atomic E-state index is 10.9. The van der Waals surface area contributed by atoms with Gasteiger partial charge in [0.05, 0.1) is 0 Å². The minimum Gasteiger partial charge on any atom is -0.489 e. The molecule has 3 heteroatoms. The molecule has 0 aliphatic rings. The van der Waals surface area contributed by atoms with Gasteiger partial charge in [-0.15, -0.1) is 0 Å². The number of benzene rings is 2. The average Bonchev–Trinajstić information content (AvgIpc) is 2.39. The Labute approximate surface area is 115 Å². The summed E-state index contributed by atoms with van der Waals surface area (Å²) in [5.41, 5.74) is 2.71. The smallest absolute Gasteiger partial charge is 0.151 e. The SMILES string of the molecule is Cc1cc(Br)c(C=O)cc1OCc1ccccc1. The van der Waals surface area contributed by atoms with Crippen LogP contribution in [-0.4, -0.2) is 6.29 Å². The number of ether oxygens (including phenoxy) is 1. The van der Waals surface area contributed by atoms with E-state index >= 15 is 0 Å². The van der Waals surface area contributed by atoms with E-state index in [0.29, 0.717) is 12.2 Å². The zero-order chi connectivity index (χ0) is 13.0. The fourth-order valence-corrected chi connectivity index (χ4v) is 2.20. The van der Waals surface area contributed by atoms with Crippen LogP contribution in [0.5, 0.6) is 5.75 Å². The van der Waals surface area contributed by atoms with Crippen molar-refractivity contribution in [2.45, 2.75) is 13.5 Å². The Morgan fingerprint density at radius 2 is 1.94 bits per heavy atom. The standard InChI is InChI=1S/C15H13BrO2/c1-11-7-14(16)13(9-17)8-15(11)18-10-12-5-3-2-4-6-12/h2-9H,10H2,1H3. The van der Waals surface area contributed by atoms with Crippen LogP contribution in [-0.2, 0) is 6.61 Å². The summed E-state index contributed by atoms with van der Waals surface area (Å²) in [5, 5.41) is 0. The van der Waals surface area contributed by atoms with Gasteiger partial charge in [-0.3, -0.25) is 4.79 Å². The van der Waals surface area contributed by atoms with E-state index in [1.807, 2.05) is 43.3 Å². The number of aryl methyl sites for hydroxylation is 1. The van der Waals surface area contributed by atoms with Gasteiger partial charge in [-0.2, -0.15) is 0 Å². The fraction of sp³-hybridized carbons (Fsp3) is 0.133. The van der Waals surface area contributed by atoms with Gasteiger partial charge in [-0.25, -0.2) is 0 Å². The molecule has 0 atom stereocenters. The number of hydrogen-bond acceptors (Lipinski definition) is 2. The first-order valence-electron chi connectivity index (χ1n) is 5.63. The molecular formula is C15H13BrO2. The lowest BCUT2D eigenvalue weighted by Gasteiger charge is -2.10. The Hall–Kier alpha value is -1.61. The van der Waals surface area contributed by atoms with Crippen molar-refractivity contribution in [2.24, 2.45) is 0 Å². The van der Waals surface area contributed by atoms with Crippen LogP contribution in [0.2, 0.25) is 0 Å². The highest BCUT2D eigenvalue weighted by Gasteiger charge is 2.06. The third kappa shape index (κ3) is 2.99. The lowest BCUT2D eigenvalue weighted by atomic mass is 10.1. The van der Waals surface area contributed by atoms with Crippen LogP contribution in [0.3, 0.4) is 0 Å².